The highest BCUT2D eigenvalue weighted by atomic mass is 35.5. The van der Waals surface area contributed by atoms with Crippen LogP contribution in [0, 0.1) is 6.92 Å². The predicted octanol–water partition coefficient (Wildman–Crippen LogP) is 4.41. The Morgan fingerprint density at radius 2 is 2.09 bits per heavy atom. The number of aromatic carboxylic acids is 1. The molecule has 7 heteroatoms. The van der Waals surface area contributed by atoms with Crippen molar-refractivity contribution in [1.29, 1.82) is 0 Å². The number of hydrogen-bond acceptors (Lipinski definition) is 4. The van der Waals surface area contributed by atoms with Crippen molar-refractivity contribution in [2.24, 2.45) is 10.2 Å². The minimum atomic E-state index is -1.15. The summed E-state index contributed by atoms with van der Waals surface area (Å²) in [6, 6.07) is 10.5. The molecular formula is C15H11ClN4O2. The molecule has 0 atom stereocenters. The molecule has 0 aliphatic heterocycles. The Balaban J connectivity index is 2.13. The summed E-state index contributed by atoms with van der Waals surface area (Å²) in [6.45, 7) is 1.87. The van der Waals surface area contributed by atoms with E-state index in [1.54, 1.807) is 40.9 Å². The lowest BCUT2D eigenvalue weighted by molar-refractivity contribution is 0.0692. The lowest BCUT2D eigenvalue weighted by Gasteiger charge is -1.99. The molecule has 0 radical (unpaired) electrons. The van der Waals surface area contributed by atoms with E-state index >= 15 is 0 Å². The Morgan fingerprint density at radius 3 is 2.86 bits per heavy atom. The van der Waals surface area contributed by atoms with Crippen LogP contribution < -0.4 is 0 Å². The zero-order valence-corrected chi connectivity index (χ0v) is 12.3. The number of nitrogens with zero attached hydrogens (tertiary/aromatic N) is 4. The van der Waals surface area contributed by atoms with Gasteiger partial charge in [-0.05, 0) is 36.8 Å². The fraction of sp³-hybridized carbons (Fsp3) is 0.0667. The van der Waals surface area contributed by atoms with E-state index in [1.165, 1.54) is 0 Å². The monoisotopic (exact) mass is 314 g/mol. The van der Waals surface area contributed by atoms with Crippen LogP contribution in [0.1, 0.15) is 16.1 Å². The number of azo groups is 1. The molecule has 6 nitrogen and oxygen atoms in total. The van der Waals surface area contributed by atoms with Crippen LogP contribution in [0.15, 0.2) is 52.8 Å². The highest BCUT2D eigenvalue weighted by Crippen LogP contribution is 2.27. The van der Waals surface area contributed by atoms with Gasteiger partial charge in [0.2, 0.25) is 0 Å². The predicted molar refractivity (Wildman–Crippen MR) is 82.5 cm³/mol. The third kappa shape index (κ3) is 2.56. The highest BCUT2D eigenvalue weighted by Gasteiger charge is 2.17. The Bertz CT molecular complexity index is 902. The molecular weight excluding hydrogens is 304 g/mol. The van der Waals surface area contributed by atoms with Gasteiger partial charge in [-0.3, -0.25) is 4.40 Å². The van der Waals surface area contributed by atoms with E-state index in [1.807, 2.05) is 13.0 Å². The number of aromatic nitrogens is 2. The lowest BCUT2D eigenvalue weighted by atomic mass is 10.2. The Morgan fingerprint density at radius 1 is 1.27 bits per heavy atom. The molecule has 110 valence electrons. The topological polar surface area (TPSA) is 79.3 Å². The van der Waals surface area contributed by atoms with Crippen LogP contribution in [0.4, 0.5) is 11.5 Å². The van der Waals surface area contributed by atoms with Gasteiger partial charge in [0.15, 0.2) is 11.5 Å². The molecule has 3 rings (SSSR count). The number of aryl methyl sites for hydroxylation is 1. The minimum absolute atomic E-state index is 0.144. The summed E-state index contributed by atoms with van der Waals surface area (Å²) in [4.78, 5) is 15.4. The van der Waals surface area contributed by atoms with Crippen molar-refractivity contribution in [3.8, 4) is 0 Å². The Hall–Kier alpha value is -2.73. The third-order valence-corrected chi connectivity index (χ3v) is 3.37. The molecule has 0 fully saturated rings. The summed E-state index contributed by atoms with van der Waals surface area (Å²) < 4.78 is 1.58. The number of halogens is 1. The van der Waals surface area contributed by atoms with Crippen molar-refractivity contribution in [2.75, 3.05) is 0 Å². The van der Waals surface area contributed by atoms with Gasteiger partial charge < -0.3 is 5.11 Å². The molecule has 0 spiro atoms. The van der Waals surface area contributed by atoms with Crippen LogP contribution in [-0.4, -0.2) is 20.5 Å². The normalized spacial score (nSPS) is 11.4. The van der Waals surface area contributed by atoms with E-state index < -0.39 is 5.97 Å². The molecule has 0 amide bonds. The van der Waals surface area contributed by atoms with Crippen molar-refractivity contribution in [3.05, 3.63) is 58.9 Å². The summed E-state index contributed by atoms with van der Waals surface area (Å²) in [5.41, 5.74) is 1.82. The van der Waals surface area contributed by atoms with Gasteiger partial charge in [-0.1, -0.05) is 23.7 Å². The van der Waals surface area contributed by atoms with Crippen molar-refractivity contribution < 1.29 is 9.90 Å². The number of fused-ring (bicyclic) bond motifs is 1. The number of carbonyl (C=O) groups is 1. The molecule has 1 N–H and O–H groups in total. The van der Waals surface area contributed by atoms with Gasteiger partial charge in [0.05, 0.1) is 5.69 Å². The van der Waals surface area contributed by atoms with Crippen molar-refractivity contribution in [1.82, 2.24) is 9.38 Å². The summed E-state index contributed by atoms with van der Waals surface area (Å²) in [5.74, 6) is -0.983. The maximum absolute atomic E-state index is 11.3. The van der Waals surface area contributed by atoms with Crippen LogP contribution in [0.5, 0.6) is 0 Å². The van der Waals surface area contributed by atoms with Gasteiger partial charge in [0, 0.05) is 11.2 Å². The third-order valence-electron chi connectivity index (χ3n) is 3.13. The maximum Gasteiger partial charge on any atom is 0.358 e. The van der Waals surface area contributed by atoms with E-state index in [2.05, 4.69) is 15.2 Å². The minimum Gasteiger partial charge on any atom is -0.476 e. The first-order valence-electron chi connectivity index (χ1n) is 6.44. The number of carboxylic acid groups (broad SMARTS) is 1. The molecule has 0 unspecified atom stereocenters. The van der Waals surface area contributed by atoms with E-state index in [-0.39, 0.29) is 11.5 Å². The van der Waals surface area contributed by atoms with Crippen molar-refractivity contribution in [2.45, 2.75) is 6.92 Å². The maximum atomic E-state index is 11.3. The first-order chi connectivity index (χ1) is 10.6. The van der Waals surface area contributed by atoms with Crippen LogP contribution in [0.25, 0.3) is 5.65 Å². The number of pyridine rings is 1. The SMILES string of the molecule is Cc1ccc(Cl)cc1N=Nc1c(C(=O)O)nc2ccccn12. The molecule has 0 saturated heterocycles. The summed E-state index contributed by atoms with van der Waals surface area (Å²) in [7, 11) is 0. The highest BCUT2D eigenvalue weighted by molar-refractivity contribution is 6.30. The molecule has 0 saturated carbocycles. The number of carboxylic acids is 1. The summed E-state index contributed by atoms with van der Waals surface area (Å²) in [5, 5.41) is 18.0. The van der Waals surface area contributed by atoms with Crippen LogP contribution >= 0.6 is 11.6 Å². The molecule has 2 heterocycles. The fourth-order valence-corrected chi connectivity index (χ4v) is 2.18. The first kappa shape index (κ1) is 14.2. The summed E-state index contributed by atoms with van der Waals surface area (Å²) >= 11 is 5.94. The van der Waals surface area contributed by atoms with Crippen LogP contribution in [-0.2, 0) is 0 Å². The van der Waals surface area contributed by atoms with Crippen molar-refractivity contribution >= 4 is 34.7 Å². The van der Waals surface area contributed by atoms with E-state index in [4.69, 9.17) is 11.6 Å². The Kier molecular flexibility index (Phi) is 3.60. The quantitative estimate of drug-likeness (QED) is 0.727. The second-order valence-corrected chi connectivity index (χ2v) is 5.09. The summed E-state index contributed by atoms with van der Waals surface area (Å²) in [6.07, 6.45) is 1.69. The van der Waals surface area contributed by atoms with E-state index in [9.17, 15) is 9.90 Å². The largest absolute Gasteiger partial charge is 0.476 e. The fourth-order valence-electron chi connectivity index (χ4n) is 2.01. The van der Waals surface area contributed by atoms with Gasteiger partial charge in [-0.25, -0.2) is 9.78 Å². The second kappa shape index (κ2) is 5.57. The number of imidazole rings is 1. The molecule has 22 heavy (non-hydrogen) atoms. The van der Waals surface area contributed by atoms with Gasteiger partial charge in [0.1, 0.15) is 5.65 Å². The van der Waals surface area contributed by atoms with Gasteiger partial charge >= 0.3 is 5.97 Å². The van der Waals surface area contributed by atoms with Gasteiger partial charge in [-0.15, -0.1) is 10.2 Å². The molecule has 2 aromatic heterocycles. The van der Waals surface area contributed by atoms with E-state index in [0.29, 0.717) is 16.4 Å². The zero-order chi connectivity index (χ0) is 15.7. The smallest absolute Gasteiger partial charge is 0.358 e. The van der Waals surface area contributed by atoms with E-state index in [0.717, 1.165) is 5.56 Å². The Labute approximate surface area is 130 Å². The van der Waals surface area contributed by atoms with Gasteiger partial charge in [0.25, 0.3) is 0 Å². The number of rotatable bonds is 3. The standard InChI is InChI=1S/C15H11ClN4O2/c1-9-5-6-10(16)8-11(9)18-19-14-13(15(21)22)17-12-4-2-3-7-20(12)14/h2-8H,1H3,(H,21,22). The molecule has 0 aliphatic carbocycles. The van der Waals surface area contributed by atoms with Crippen molar-refractivity contribution in [3.63, 3.8) is 0 Å². The average Bonchev–Trinajstić information content (AvgIpc) is 2.87. The first-order valence-corrected chi connectivity index (χ1v) is 6.82. The molecule has 0 aliphatic rings. The number of benzene rings is 1. The number of hydrogen-bond donors (Lipinski definition) is 1. The molecule has 0 bridgehead atoms. The average molecular weight is 315 g/mol. The van der Waals surface area contributed by atoms with Crippen LogP contribution in [0.2, 0.25) is 5.02 Å². The lowest BCUT2D eigenvalue weighted by Crippen LogP contribution is -1.96. The second-order valence-electron chi connectivity index (χ2n) is 4.65. The van der Waals surface area contributed by atoms with Crippen LogP contribution in [0.3, 0.4) is 0 Å². The zero-order valence-electron chi connectivity index (χ0n) is 11.6. The molecule has 1 aromatic carbocycles. The van der Waals surface area contributed by atoms with Gasteiger partial charge in [-0.2, -0.15) is 0 Å². The molecule has 3 aromatic rings.